The molecule has 0 bridgehead atoms. The zero-order valence-corrected chi connectivity index (χ0v) is 13.9. The second kappa shape index (κ2) is 4.99. The fraction of sp³-hybridized carbons (Fsp3) is 0.533. The Morgan fingerprint density at radius 1 is 1.50 bits per heavy atom. The van der Waals surface area contributed by atoms with Crippen LogP contribution in [0.3, 0.4) is 0 Å². The third-order valence-electron chi connectivity index (χ3n) is 4.28. The van der Waals surface area contributed by atoms with Crippen LogP contribution in [0, 0.1) is 11.2 Å². The molecule has 1 aliphatic rings. The van der Waals surface area contributed by atoms with Crippen molar-refractivity contribution in [1.82, 2.24) is 9.55 Å². The molecule has 20 heavy (non-hydrogen) atoms. The first-order valence-corrected chi connectivity index (χ1v) is 8.12. The van der Waals surface area contributed by atoms with E-state index in [2.05, 4.69) is 32.4 Å². The first-order valence-electron chi connectivity index (χ1n) is 6.89. The summed E-state index contributed by atoms with van der Waals surface area (Å²) in [6, 6.07) is 3.28. The summed E-state index contributed by atoms with van der Waals surface area (Å²) in [6.45, 7) is 5.05. The van der Waals surface area contributed by atoms with E-state index in [0.717, 1.165) is 23.4 Å². The number of imidazole rings is 1. The highest BCUT2D eigenvalue weighted by Gasteiger charge is 2.33. The fourth-order valence-corrected chi connectivity index (χ4v) is 3.43. The van der Waals surface area contributed by atoms with Crippen LogP contribution in [0.25, 0.3) is 11.0 Å². The molecule has 1 unspecified atom stereocenters. The van der Waals surface area contributed by atoms with E-state index in [1.165, 1.54) is 19.3 Å². The number of hydrogen-bond acceptors (Lipinski definition) is 1. The third kappa shape index (κ3) is 2.37. The van der Waals surface area contributed by atoms with Crippen molar-refractivity contribution in [1.29, 1.82) is 0 Å². The van der Waals surface area contributed by atoms with Gasteiger partial charge >= 0.3 is 0 Å². The lowest BCUT2D eigenvalue weighted by Gasteiger charge is -2.39. The minimum absolute atomic E-state index is 0.187. The normalized spacial score (nSPS) is 19.1. The number of halogens is 3. The molecule has 1 heterocycles. The SMILES string of the molecule is CC(Cl)c1nc2cc(Br)c(F)cc2n1CC1(C)CCC1. The van der Waals surface area contributed by atoms with Crippen molar-refractivity contribution in [2.75, 3.05) is 0 Å². The first kappa shape index (κ1) is 14.3. The summed E-state index contributed by atoms with van der Waals surface area (Å²) in [7, 11) is 0. The Morgan fingerprint density at radius 2 is 2.20 bits per heavy atom. The highest BCUT2D eigenvalue weighted by atomic mass is 79.9. The summed E-state index contributed by atoms with van der Waals surface area (Å²) >= 11 is 9.48. The molecule has 5 heteroatoms. The monoisotopic (exact) mass is 358 g/mol. The van der Waals surface area contributed by atoms with Crippen LogP contribution in [0.15, 0.2) is 16.6 Å². The maximum atomic E-state index is 13.8. The fourth-order valence-electron chi connectivity index (χ4n) is 2.93. The van der Waals surface area contributed by atoms with Gasteiger partial charge in [0.15, 0.2) is 0 Å². The van der Waals surface area contributed by atoms with Crippen molar-refractivity contribution < 1.29 is 4.39 Å². The number of fused-ring (bicyclic) bond motifs is 1. The van der Waals surface area contributed by atoms with Crippen molar-refractivity contribution in [2.24, 2.45) is 5.41 Å². The molecule has 0 N–H and O–H groups in total. The molecule has 0 saturated heterocycles. The van der Waals surface area contributed by atoms with Gasteiger partial charge in [0.05, 0.1) is 20.9 Å². The van der Waals surface area contributed by atoms with Crippen LogP contribution in [0.5, 0.6) is 0 Å². The maximum absolute atomic E-state index is 13.8. The number of nitrogens with zero attached hydrogens (tertiary/aromatic N) is 2. The van der Waals surface area contributed by atoms with Crippen molar-refractivity contribution in [3.05, 3.63) is 28.2 Å². The zero-order valence-electron chi connectivity index (χ0n) is 11.6. The van der Waals surface area contributed by atoms with Gasteiger partial charge in [0.1, 0.15) is 11.6 Å². The van der Waals surface area contributed by atoms with E-state index < -0.39 is 0 Å². The lowest BCUT2D eigenvalue weighted by atomic mass is 9.70. The molecule has 1 fully saturated rings. The van der Waals surface area contributed by atoms with Gasteiger partial charge < -0.3 is 4.57 Å². The van der Waals surface area contributed by atoms with Crippen LogP contribution < -0.4 is 0 Å². The molecule has 1 atom stereocenters. The van der Waals surface area contributed by atoms with Crippen molar-refractivity contribution in [2.45, 2.75) is 45.0 Å². The summed E-state index contributed by atoms with van der Waals surface area (Å²) in [5.41, 5.74) is 1.92. The molecular weight excluding hydrogens is 343 g/mol. The Kier molecular flexibility index (Phi) is 3.57. The Labute approximate surface area is 131 Å². The van der Waals surface area contributed by atoms with Gasteiger partial charge in [0.2, 0.25) is 0 Å². The Balaban J connectivity index is 2.15. The molecule has 1 aromatic carbocycles. The average molecular weight is 360 g/mol. The second-order valence-corrected chi connectivity index (χ2v) is 7.60. The highest BCUT2D eigenvalue weighted by Crippen LogP contribution is 2.43. The number of aromatic nitrogens is 2. The summed E-state index contributed by atoms with van der Waals surface area (Å²) in [5.74, 6) is 0.568. The van der Waals surface area contributed by atoms with Crippen LogP contribution in [0.2, 0.25) is 0 Å². The van der Waals surface area contributed by atoms with Crippen LogP contribution >= 0.6 is 27.5 Å². The molecule has 0 amide bonds. The Bertz CT molecular complexity index is 661. The minimum atomic E-state index is -0.258. The van der Waals surface area contributed by atoms with Crippen LogP contribution in [-0.2, 0) is 6.54 Å². The maximum Gasteiger partial charge on any atom is 0.139 e. The van der Waals surface area contributed by atoms with Crippen molar-refractivity contribution >= 4 is 38.6 Å². The molecular formula is C15H17BrClFN2. The largest absolute Gasteiger partial charge is 0.326 e. The molecule has 1 aromatic heterocycles. The quantitative estimate of drug-likeness (QED) is 0.668. The number of benzene rings is 1. The van der Waals surface area contributed by atoms with Crippen LogP contribution in [0.1, 0.15) is 44.3 Å². The lowest BCUT2D eigenvalue weighted by molar-refractivity contribution is 0.132. The van der Waals surface area contributed by atoms with Gasteiger partial charge in [-0.05, 0) is 47.2 Å². The average Bonchev–Trinajstić information content (AvgIpc) is 2.67. The van der Waals surface area contributed by atoms with E-state index in [1.54, 1.807) is 12.1 Å². The molecule has 1 saturated carbocycles. The van der Waals surface area contributed by atoms with E-state index >= 15 is 0 Å². The van der Waals surface area contributed by atoms with E-state index in [9.17, 15) is 4.39 Å². The summed E-state index contributed by atoms with van der Waals surface area (Å²) < 4.78 is 16.4. The number of hydrogen-bond donors (Lipinski definition) is 0. The smallest absolute Gasteiger partial charge is 0.139 e. The molecule has 0 aliphatic heterocycles. The molecule has 108 valence electrons. The molecule has 3 rings (SSSR count). The number of rotatable bonds is 3. The highest BCUT2D eigenvalue weighted by molar-refractivity contribution is 9.10. The Morgan fingerprint density at radius 3 is 2.75 bits per heavy atom. The third-order valence-corrected chi connectivity index (χ3v) is 5.08. The zero-order chi connectivity index (χ0) is 14.5. The summed E-state index contributed by atoms with van der Waals surface area (Å²) in [4.78, 5) is 4.59. The molecule has 0 spiro atoms. The summed E-state index contributed by atoms with van der Waals surface area (Å²) in [5, 5.41) is -0.187. The van der Waals surface area contributed by atoms with Crippen molar-refractivity contribution in [3.63, 3.8) is 0 Å². The topological polar surface area (TPSA) is 17.8 Å². The van der Waals surface area contributed by atoms with E-state index in [0.29, 0.717) is 4.47 Å². The first-order chi connectivity index (χ1) is 9.39. The van der Waals surface area contributed by atoms with Gasteiger partial charge in [-0.15, -0.1) is 11.6 Å². The molecule has 1 aliphatic carbocycles. The van der Waals surface area contributed by atoms with E-state index in [4.69, 9.17) is 11.6 Å². The molecule has 2 aromatic rings. The van der Waals surface area contributed by atoms with Gasteiger partial charge in [0.25, 0.3) is 0 Å². The predicted octanol–water partition coefficient (Wildman–Crippen LogP) is 5.43. The Hall–Kier alpha value is -0.610. The van der Waals surface area contributed by atoms with Crippen molar-refractivity contribution in [3.8, 4) is 0 Å². The standard InChI is InChI=1S/C15H17BrClFN2/c1-9(17)14-19-12-6-10(16)11(18)7-13(12)20(14)8-15(2)4-3-5-15/h6-7,9H,3-5,8H2,1-2H3. The van der Waals surface area contributed by atoms with Gasteiger partial charge in [-0.3, -0.25) is 0 Å². The van der Waals surface area contributed by atoms with Gasteiger partial charge in [-0.1, -0.05) is 13.3 Å². The van der Waals surface area contributed by atoms with E-state index in [-0.39, 0.29) is 16.6 Å². The number of alkyl halides is 1. The lowest BCUT2D eigenvalue weighted by Crippen LogP contribution is -2.31. The van der Waals surface area contributed by atoms with Gasteiger partial charge in [0, 0.05) is 12.6 Å². The van der Waals surface area contributed by atoms with Crippen LogP contribution in [-0.4, -0.2) is 9.55 Å². The minimum Gasteiger partial charge on any atom is -0.326 e. The summed E-state index contributed by atoms with van der Waals surface area (Å²) in [6.07, 6.45) is 3.69. The molecule has 2 nitrogen and oxygen atoms in total. The molecule has 0 radical (unpaired) electrons. The van der Waals surface area contributed by atoms with Crippen LogP contribution in [0.4, 0.5) is 4.39 Å². The predicted molar refractivity (Wildman–Crippen MR) is 83.6 cm³/mol. The van der Waals surface area contributed by atoms with E-state index in [1.807, 2.05) is 6.92 Å². The second-order valence-electron chi connectivity index (χ2n) is 6.09. The van der Waals surface area contributed by atoms with Gasteiger partial charge in [-0.25, -0.2) is 9.37 Å². The van der Waals surface area contributed by atoms with Gasteiger partial charge in [-0.2, -0.15) is 0 Å².